The van der Waals surface area contributed by atoms with E-state index in [2.05, 4.69) is 46.8 Å². The van der Waals surface area contributed by atoms with Crippen LogP contribution in [0, 0.1) is 10.5 Å². The van der Waals surface area contributed by atoms with Crippen LogP contribution >= 0.6 is 22.6 Å². The van der Waals surface area contributed by atoms with Crippen molar-refractivity contribution in [3.63, 3.8) is 0 Å². The van der Waals surface area contributed by atoms with Crippen LogP contribution in [0.25, 0.3) is 22.6 Å². The van der Waals surface area contributed by atoms with E-state index in [4.69, 9.17) is 4.52 Å². The molecule has 0 spiro atoms. The maximum atomic E-state index is 5.53. The van der Waals surface area contributed by atoms with E-state index in [-0.39, 0.29) is 0 Å². The minimum atomic E-state index is 0.833. The lowest BCUT2D eigenvalue weighted by Gasteiger charge is -2.01. The topological polar surface area (TPSA) is 26.0 Å². The molecule has 0 saturated carbocycles. The lowest BCUT2D eigenvalue weighted by atomic mass is 10.1. The average Bonchev–Trinajstić information content (AvgIpc) is 2.82. The smallest absolute Gasteiger partial charge is 0.180 e. The molecule has 0 atom stereocenters. The van der Waals surface area contributed by atoms with Crippen LogP contribution < -0.4 is 0 Å². The van der Waals surface area contributed by atoms with Crippen molar-refractivity contribution in [1.82, 2.24) is 5.16 Å². The zero-order valence-electron chi connectivity index (χ0n) is 10.4. The summed E-state index contributed by atoms with van der Waals surface area (Å²) < 4.78 is 6.59. The van der Waals surface area contributed by atoms with E-state index in [0.717, 1.165) is 26.2 Å². The third-order valence-corrected chi connectivity index (χ3v) is 4.07. The number of hydrogen-bond donors (Lipinski definition) is 0. The second kappa shape index (κ2) is 5.17. The lowest BCUT2D eigenvalue weighted by Crippen LogP contribution is -1.85. The van der Waals surface area contributed by atoms with Gasteiger partial charge in [-0.05, 0) is 35.1 Å². The van der Waals surface area contributed by atoms with Gasteiger partial charge in [0.1, 0.15) is 5.69 Å². The Kier molecular flexibility index (Phi) is 3.38. The van der Waals surface area contributed by atoms with E-state index in [9.17, 15) is 0 Å². The zero-order valence-corrected chi connectivity index (χ0v) is 12.6. The molecule has 94 valence electrons. The molecule has 0 amide bonds. The summed E-state index contributed by atoms with van der Waals surface area (Å²) in [5, 5.41) is 4.24. The van der Waals surface area contributed by atoms with E-state index >= 15 is 0 Å². The molecule has 0 fully saturated rings. The molecule has 0 bridgehead atoms. The van der Waals surface area contributed by atoms with Crippen molar-refractivity contribution in [2.45, 2.75) is 6.92 Å². The summed E-state index contributed by atoms with van der Waals surface area (Å²) in [6, 6.07) is 18.3. The van der Waals surface area contributed by atoms with Gasteiger partial charge >= 0.3 is 0 Å². The fraction of sp³-hybridized carbons (Fsp3) is 0.0625. The Labute approximate surface area is 125 Å². The van der Waals surface area contributed by atoms with E-state index in [1.54, 1.807) is 0 Å². The van der Waals surface area contributed by atoms with Gasteiger partial charge in [0.15, 0.2) is 5.76 Å². The second-order valence-electron chi connectivity index (χ2n) is 4.36. The Morgan fingerprint density at radius 3 is 2.37 bits per heavy atom. The molecule has 2 aromatic carbocycles. The molecule has 0 aliphatic carbocycles. The first kappa shape index (κ1) is 12.4. The molecule has 3 aromatic rings. The van der Waals surface area contributed by atoms with Gasteiger partial charge in [0.05, 0.1) is 3.57 Å². The minimum absolute atomic E-state index is 0.833. The molecular weight excluding hydrogens is 349 g/mol. The number of aryl methyl sites for hydroxylation is 1. The van der Waals surface area contributed by atoms with Crippen LogP contribution in [-0.4, -0.2) is 5.16 Å². The van der Waals surface area contributed by atoms with Crippen molar-refractivity contribution in [1.29, 1.82) is 0 Å². The molecule has 0 radical (unpaired) electrons. The number of rotatable bonds is 2. The van der Waals surface area contributed by atoms with Crippen LogP contribution in [0.4, 0.5) is 0 Å². The molecule has 2 nitrogen and oxygen atoms in total. The SMILES string of the molecule is Cc1ccccc1-c1noc(-c2ccccc2)c1I. The zero-order chi connectivity index (χ0) is 13.2. The highest BCUT2D eigenvalue weighted by Crippen LogP contribution is 2.34. The van der Waals surface area contributed by atoms with Crippen molar-refractivity contribution in [3.8, 4) is 22.6 Å². The van der Waals surface area contributed by atoms with Crippen molar-refractivity contribution >= 4 is 22.6 Å². The Balaban J connectivity index is 2.12. The molecular formula is C16H12INO. The number of benzene rings is 2. The van der Waals surface area contributed by atoms with E-state index < -0.39 is 0 Å². The number of halogens is 1. The van der Waals surface area contributed by atoms with Crippen LogP contribution in [0.2, 0.25) is 0 Å². The molecule has 0 saturated heterocycles. The van der Waals surface area contributed by atoms with Crippen LogP contribution in [0.15, 0.2) is 59.1 Å². The molecule has 1 heterocycles. The Hall–Kier alpha value is -1.62. The van der Waals surface area contributed by atoms with Gasteiger partial charge < -0.3 is 4.52 Å². The maximum Gasteiger partial charge on any atom is 0.180 e. The molecule has 1 aromatic heterocycles. The Morgan fingerprint density at radius 2 is 1.63 bits per heavy atom. The molecule has 3 heteroatoms. The first-order chi connectivity index (χ1) is 9.27. The van der Waals surface area contributed by atoms with Gasteiger partial charge in [-0.3, -0.25) is 0 Å². The molecule has 19 heavy (non-hydrogen) atoms. The summed E-state index contributed by atoms with van der Waals surface area (Å²) in [7, 11) is 0. The second-order valence-corrected chi connectivity index (χ2v) is 5.43. The largest absolute Gasteiger partial charge is 0.354 e. The summed E-state index contributed by atoms with van der Waals surface area (Å²) in [6.45, 7) is 2.09. The standard InChI is InChI=1S/C16H12INO/c1-11-7-5-6-10-13(11)15-14(17)16(19-18-15)12-8-3-2-4-9-12/h2-10H,1H3. The Morgan fingerprint density at radius 1 is 0.947 bits per heavy atom. The molecule has 0 N–H and O–H groups in total. The third-order valence-electron chi connectivity index (χ3n) is 3.07. The van der Waals surface area contributed by atoms with Gasteiger partial charge in [0.25, 0.3) is 0 Å². The van der Waals surface area contributed by atoms with Gasteiger partial charge in [-0.15, -0.1) is 0 Å². The highest BCUT2D eigenvalue weighted by atomic mass is 127. The van der Waals surface area contributed by atoms with E-state index in [1.165, 1.54) is 5.56 Å². The fourth-order valence-electron chi connectivity index (χ4n) is 2.05. The average molecular weight is 361 g/mol. The molecule has 0 unspecified atom stereocenters. The van der Waals surface area contributed by atoms with Gasteiger partial charge in [-0.25, -0.2) is 0 Å². The van der Waals surface area contributed by atoms with Crippen LogP contribution in [0.5, 0.6) is 0 Å². The first-order valence-electron chi connectivity index (χ1n) is 6.04. The van der Waals surface area contributed by atoms with Crippen molar-refractivity contribution in [2.75, 3.05) is 0 Å². The van der Waals surface area contributed by atoms with E-state index in [1.807, 2.05) is 42.5 Å². The van der Waals surface area contributed by atoms with Crippen molar-refractivity contribution < 1.29 is 4.52 Å². The highest BCUT2D eigenvalue weighted by molar-refractivity contribution is 14.1. The molecule has 0 aliphatic rings. The van der Waals surface area contributed by atoms with Gasteiger partial charge in [0, 0.05) is 11.1 Å². The predicted molar refractivity (Wildman–Crippen MR) is 84.8 cm³/mol. The number of nitrogens with zero attached hydrogens (tertiary/aromatic N) is 1. The van der Waals surface area contributed by atoms with Gasteiger partial charge in [-0.2, -0.15) is 0 Å². The summed E-state index contributed by atoms with van der Waals surface area (Å²) >= 11 is 2.30. The van der Waals surface area contributed by atoms with Crippen LogP contribution in [-0.2, 0) is 0 Å². The molecule has 3 rings (SSSR count). The van der Waals surface area contributed by atoms with Crippen LogP contribution in [0.1, 0.15) is 5.56 Å². The number of hydrogen-bond acceptors (Lipinski definition) is 2. The minimum Gasteiger partial charge on any atom is -0.354 e. The monoisotopic (exact) mass is 361 g/mol. The lowest BCUT2D eigenvalue weighted by molar-refractivity contribution is 0.434. The molecule has 0 aliphatic heterocycles. The van der Waals surface area contributed by atoms with Gasteiger partial charge in [0.2, 0.25) is 0 Å². The summed E-state index contributed by atoms with van der Waals surface area (Å²) in [6.07, 6.45) is 0. The normalized spacial score (nSPS) is 10.6. The Bertz CT molecular complexity index is 704. The summed E-state index contributed by atoms with van der Waals surface area (Å²) in [5.74, 6) is 0.833. The first-order valence-corrected chi connectivity index (χ1v) is 7.12. The fourth-order valence-corrected chi connectivity index (χ4v) is 2.85. The highest BCUT2D eigenvalue weighted by Gasteiger charge is 2.17. The van der Waals surface area contributed by atoms with Crippen molar-refractivity contribution in [2.24, 2.45) is 0 Å². The quantitative estimate of drug-likeness (QED) is 0.606. The van der Waals surface area contributed by atoms with Crippen LogP contribution in [0.3, 0.4) is 0 Å². The van der Waals surface area contributed by atoms with Crippen molar-refractivity contribution in [3.05, 3.63) is 63.7 Å². The summed E-state index contributed by atoms with van der Waals surface area (Å²) in [5.41, 5.74) is 4.29. The third kappa shape index (κ3) is 2.30. The number of aromatic nitrogens is 1. The summed E-state index contributed by atoms with van der Waals surface area (Å²) in [4.78, 5) is 0. The predicted octanol–water partition coefficient (Wildman–Crippen LogP) is 4.92. The maximum absolute atomic E-state index is 5.53. The van der Waals surface area contributed by atoms with Gasteiger partial charge in [-0.1, -0.05) is 59.8 Å². The van der Waals surface area contributed by atoms with E-state index in [0.29, 0.717) is 0 Å².